The van der Waals surface area contributed by atoms with Gasteiger partial charge in [0.05, 0.1) is 13.7 Å². The van der Waals surface area contributed by atoms with Crippen LogP contribution in [0.2, 0.25) is 0 Å². The Bertz CT molecular complexity index is 1000. The fourth-order valence-electron chi connectivity index (χ4n) is 4.77. The molecule has 9 heteroatoms. The van der Waals surface area contributed by atoms with Crippen molar-refractivity contribution in [1.29, 1.82) is 0 Å². The van der Waals surface area contributed by atoms with Gasteiger partial charge in [0.2, 0.25) is 11.8 Å². The summed E-state index contributed by atoms with van der Waals surface area (Å²) in [4.78, 5) is 33.6. The van der Waals surface area contributed by atoms with Crippen LogP contribution in [0.25, 0.3) is 0 Å². The number of halogens is 1. The minimum absolute atomic E-state index is 0.0475. The Morgan fingerprint density at radius 3 is 2.70 bits per heavy atom. The molecule has 0 saturated carbocycles. The quantitative estimate of drug-likeness (QED) is 0.655. The summed E-state index contributed by atoms with van der Waals surface area (Å²) in [6, 6.07) is 4.63. The highest BCUT2D eigenvalue weighted by Gasteiger charge is 2.39. The van der Waals surface area contributed by atoms with Crippen molar-refractivity contribution in [3.8, 4) is 5.75 Å². The van der Waals surface area contributed by atoms with E-state index in [1.165, 1.54) is 6.07 Å². The van der Waals surface area contributed by atoms with E-state index in [0.717, 1.165) is 25.5 Å². The molecule has 2 amide bonds. The van der Waals surface area contributed by atoms with Crippen LogP contribution in [0.1, 0.15) is 37.1 Å². The number of ether oxygens (including phenoxy) is 1. The molecule has 3 heterocycles. The molecule has 0 aliphatic carbocycles. The molecule has 2 aliphatic heterocycles. The predicted octanol–water partition coefficient (Wildman–Crippen LogP) is 1.88. The highest BCUT2D eigenvalue weighted by atomic mass is 19.1. The SMILES string of the molecule is COc1ccc(F)c(C[C@@]2(CCC(=O)N3CCN(Cc4nccn4C)CC3)CCC(=O)N2)c1. The third-order valence-corrected chi connectivity index (χ3v) is 6.85. The summed E-state index contributed by atoms with van der Waals surface area (Å²) in [7, 11) is 3.52. The number of benzene rings is 1. The second-order valence-electron chi connectivity index (χ2n) is 9.07. The third-order valence-electron chi connectivity index (χ3n) is 6.85. The van der Waals surface area contributed by atoms with E-state index in [2.05, 4.69) is 15.2 Å². The van der Waals surface area contributed by atoms with E-state index >= 15 is 0 Å². The van der Waals surface area contributed by atoms with Crippen LogP contribution in [0.5, 0.6) is 5.75 Å². The van der Waals surface area contributed by atoms with Crippen LogP contribution in [0.15, 0.2) is 30.6 Å². The maximum atomic E-state index is 14.5. The Hall–Kier alpha value is -2.94. The van der Waals surface area contributed by atoms with Gasteiger partial charge in [-0.15, -0.1) is 0 Å². The number of aryl methyl sites for hydroxylation is 1. The summed E-state index contributed by atoms with van der Waals surface area (Å²) < 4.78 is 21.7. The second kappa shape index (κ2) is 9.91. The van der Waals surface area contributed by atoms with E-state index in [-0.39, 0.29) is 17.6 Å². The summed E-state index contributed by atoms with van der Waals surface area (Å²) in [5.74, 6) is 1.29. The van der Waals surface area contributed by atoms with Gasteiger partial charge in [-0.2, -0.15) is 0 Å². The number of nitrogens with one attached hydrogen (secondary N) is 1. The summed E-state index contributed by atoms with van der Waals surface area (Å²) in [6.45, 7) is 3.72. The number of piperazine rings is 1. The Labute approximate surface area is 193 Å². The fraction of sp³-hybridized carbons (Fsp3) is 0.542. The predicted molar refractivity (Wildman–Crippen MR) is 121 cm³/mol. The molecule has 2 aliphatic rings. The van der Waals surface area contributed by atoms with Gasteiger partial charge in [0.1, 0.15) is 17.4 Å². The normalized spacial score (nSPS) is 21.3. The molecule has 0 spiro atoms. The van der Waals surface area contributed by atoms with Crippen molar-refractivity contribution < 1.29 is 18.7 Å². The first-order valence-corrected chi connectivity index (χ1v) is 11.5. The Morgan fingerprint density at radius 2 is 2.06 bits per heavy atom. The van der Waals surface area contributed by atoms with Crippen LogP contribution < -0.4 is 10.1 Å². The van der Waals surface area contributed by atoms with Crippen LogP contribution in [0.3, 0.4) is 0 Å². The number of carbonyl (C=O) groups excluding carboxylic acids is 2. The molecule has 33 heavy (non-hydrogen) atoms. The number of rotatable bonds is 8. The first-order valence-electron chi connectivity index (χ1n) is 11.5. The number of hydrogen-bond donors (Lipinski definition) is 1. The zero-order chi connectivity index (χ0) is 23.4. The maximum absolute atomic E-state index is 14.5. The molecule has 1 aromatic carbocycles. The number of amides is 2. The summed E-state index contributed by atoms with van der Waals surface area (Å²) in [5, 5.41) is 3.04. The van der Waals surface area contributed by atoms with Crippen molar-refractivity contribution in [2.45, 2.75) is 44.2 Å². The molecule has 2 aromatic rings. The van der Waals surface area contributed by atoms with Crippen LogP contribution in [0, 0.1) is 5.82 Å². The Balaban J connectivity index is 1.33. The molecule has 1 aromatic heterocycles. The van der Waals surface area contributed by atoms with E-state index in [9.17, 15) is 14.0 Å². The third kappa shape index (κ3) is 5.52. The number of aromatic nitrogens is 2. The number of carbonyl (C=O) groups is 2. The summed E-state index contributed by atoms with van der Waals surface area (Å²) in [5.41, 5.74) is -0.119. The molecule has 4 rings (SSSR count). The van der Waals surface area contributed by atoms with E-state index in [0.29, 0.717) is 56.5 Å². The number of nitrogens with zero attached hydrogens (tertiary/aromatic N) is 4. The zero-order valence-electron chi connectivity index (χ0n) is 19.3. The molecule has 0 bridgehead atoms. The van der Waals surface area contributed by atoms with Gasteiger partial charge < -0.3 is 19.5 Å². The Morgan fingerprint density at radius 1 is 1.27 bits per heavy atom. The number of methoxy groups -OCH3 is 1. The van der Waals surface area contributed by atoms with E-state index in [1.807, 2.05) is 22.7 Å². The standard InChI is InChI=1S/C24H32FN5O3/c1-28-10-9-26-21(28)17-29-11-13-30(14-12-29)23(32)6-8-24(7-5-22(31)27-24)16-18-15-19(33-2)3-4-20(18)25/h3-4,9-10,15H,5-8,11-14,16-17H2,1-2H3,(H,27,31)/t24-/m0/s1. The van der Waals surface area contributed by atoms with E-state index < -0.39 is 5.54 Å². The van der Waals surface area contributed by atoms with Crippen molar-refractivity contribution in [3.63, 3.8) is 0 Å². The smallest absolute Gasteiger partial charge is 0.222 e. The lowest BCUT2D eigenvalue weighted by Gasteiger charge is -2.35. The average molecular weight is 458 g/mol. The van der Waals surface area contributed by atoms with Gasteiger partial charge in [-0.1, -0.05) is 0 Å². The highest BCUT2D eigenvalue weighted by Crippen LogP contribution is 2.32. The van der Waals surface area contributed by atoms with E-state index in [1.54, 1.807) is 25.4 Å². The van der Waals surface area contributed by atoms with Crippen molar-refractivity contribution >= 4 is 11.8 Å². The summed E-state index contributed by atoms with van der Waals surface area (Å²) >= 11 is 0. The van der Waals surface area contributed by atoms with E-state index in [4.69, 9.17) is 4.74 Å². The molecular weight excluding hydrogens is 425 g/mol. The molecule has 0 unspecified atom stereocenters. The minimum atomic E-state index is -0.611. The second-order valence-corrected chi connectivity index (χ2v) is 9.07. The number of hydrogen-bond acceptors (Lipinski definition) is 5. The lowest BCUT2D eigenvalue weighted by Crippen LogP contribution is -2.49. The van der Waals surface area contributed by atoms with Gasteiger partial charge in [0, 0.05) is 64.0 Å². The van der Waals surface area contributed by atoms with Gasteiger partial charge in [-0.05, 0) is 43.0 Å². The topological polar surface area (TPSA) is 79.7 Å². The van der Waals surface area contributed by atoms with Gasteiger partial charge in [-0.25, -0.2) is 9.37 Å². The van der Waals surface area contributed by atoms with Crippen LogP contribution in [-0.2, 0) is 29.6 Å². The largest absolute Gasteiger partial charge is 0.497 e. The zero-order valence-corrected chi connectivity index (χ0v) is 19.3. The molecule has 2 fully saturated rings. The monoisotopic (exact) mass is 457 g/mol. The van der Waals surface area contributed by atoms with Crippen LogP contribution in [-0.4, -0.2) is 70.0 Å². The summed E-state index contributed by atoms with van der Waals surface area (Å²) in [6.07, 6.45) is 5.87. The van der Waals surface area contributed by atoms with Crippen molar-refractivity contribution in [1.82, 2.24) is 24.7 Å². The van der Waals surface area contributed by atoms with Crippen LogP contribution >= 0.6 is 0 Å². The van der Waals surface area contributed by atoms with Crippen LogP contribution in [0.4, 0.5) is 4.39 Å². The highest BCUT2D eigenvalue weighted by molar-refractivity contribution is 5.80. The first kappa shape index (κ1) is 23.2. The average Bonchev–Trinajstić information content (AvgIpc) is 3.39. The minimum Gasteiger partial charge on any atom is -0.497 e. The number of imidazole rings is 1. The van der Waals surface area contributed by atoms with Gasteiger partial charge in [-0.3, -0.25) is 14.5 Å². The molecular formula is C24H32FN5O3. The van der Waals surface area contributed by atoms with Gasteiger partial charge >= 0.3 is 0 Å². The fourth-order valence-corrected chi connectivity index (χ4v) is 4.77. The molecule has 2 saturated heterocycles. The van der Waals surface area contributed by atoms with Crippen molar-refractivity contribution in [2.75, 3.05) is 33.3 Å². The molecule has 0 radical (unpaired) electrons. The maximum Gasteiger partial charge on any atom is 0.222 e. The molecule has 1 atom stereocenters. The molecule has 178 valence electrons. The lowest BCUT2D eigenvalue weighted by atomic mass is 9.84. The molecule has 1 N–H and O–H groups in total. The lowest BCUT2D eigenvalue weighted by molar-refractivity contribution is -0.133. The van der Waals surface area contributed by atoms with Crippen molar-refractivity contribution in [2.24, 2.45) is 7.05 Å². The van der Waals surface area contributed by atoms with Crippen molar-refractivity contribution in [3.05, 3.63) is 47.8 Å². The van der Waals surface area contributed by atoms with Gasteiger partial charge in [0.15, 0.2) is 0 Å². The van der Waals surface area contributed by atoms with Gasteiger partial charge in [0.25, 0.3) is 0 Å². The molecule has 8 nitrogen and oxygen atoms in total. The Kier molecular flexibility index (Phi) is 6.97. The first-order chi connectivity index (χ1) is 15.9.